The van der Waals surface area contributed by atoms with Gasteiger partial charge in [-0.1, -0.05) is 71.9 Å². The van der Waals surface area contributed by atoms with Crippen LogP contribution in [0.4, 0.5) is 5.69 Å². The van der Waals surface area contributed by atoms with Gasteiger partial charge < -0.3 is 9.89 Å². The number of carbonyl (C=O) groups excluding carboxylic acids is 1. The summed E-state index contributed by atoms with van der Waals surface area (Å²) >= 11 is 0. The Morgan fingerprint density at radius 1 is 1.00 bits per heavy atom. The van der Waals surface area contributed by atoms with Gasteiger partial charge in [0.1, 0.15) is 0 Å². The van der Waals surface area contributed by atoms with E-state index in [0.29, 0.717) is 0 Å². The number of aliphatic imine (C=N–C) groups is 1. The fourth-order valence-corrected chi connectivity index (χ4v) is 2.19. The van der Waals surface area contributed by atoms with Crippen LogP contribution in [0.5, 0.6) is 0 Å². The Balaban J connectivity index is 0.00000147. The number of fused-ring (bicyclic) bond motifs is 1. The molecule has 1 amide bonds. The van der Waals surface area contributed by atoms with Gasteiger partial charge in [-0.25, -0.2) is 0 Å². The summed E-state index contributed by atoms with van der Waals surface area (Å²) in [5.74, 6) is -0.113. The number of carbonyl (C=O) groups is 1. The Labute approximate surface area is 132 Å². The third kappa shape index (κ3) is 2.53. The molecule has 3 nitrogen and oxygen atoms in total. The first-order chi connectivity index (χ1) is 9.27. The average molecular weight is 436 g/mol. The summed E-state index contributed by atoms with van der Waals surface area (Å²) in [5, 5.41) is 0. The molecule has 1 radical (unpaired) electrons. The minimum absolute atomic E-state index is 0. The molecule has 0 aromatic heterocycles. The van der Waals surface area contributed by atoms with Crippen molar-refractivity contribution in [2.45, 2.75) is 0 Å². The van der Waals surface area contributed by atoms with Crippen molar-refractivity contribution in [2.24, 2.45) is 4.99 Å². The van der Waals surface area contributed by atoms with Crippen LogP contribution in [0.25, 0.3) is 0 Å². The second kappa shape index (κ2) is 6.04. The summed E-state index contributed by atoms with van der Waals surface area (Å²) in [7, 11) is 1.76. The number of anilines is 1. The van der Waals surface area contributed by atoms with E-state index in [-0.39, 0.29) is 26.3 Å². The zero-order valence-corrected chi connectivity index (χ0v) is 13.7. The Kier molecular flexibility index (Phi) is 4.39. The van der Waals surface area contributed by atoms with Gasteiger partial charge in [-0.2, -0.15) is 0 Å². The molecule has 3 rings (SSSR count). The molecular weight excluding hydrogens is 422 g/mol. The predicted octanol–water partition coefficient (Wildman–Crippen LogP) is 2.66. The number of hydrogen-bond donors (Lipinski definition) is 0. The molecule has 4 heteroatoms. The first kappa shape index (κ1) is 14.5. The summed E-state index contributed by atoms with van der Waals surface area (Å²) in [4.78, 5) is 17.9. The van der Waals surface area contributed by atoms with Gasteiger partial charge in [0.15, 0.2) is 5.91 Å². The number of para-hydroxylation sites is 1. The Bertz CT molecular complexity index is 653. The van der Waals surface area contributed by atoms with Crippen molar-refractivity contribution in [1.29, 1.82) is 0 Å². The fraction of sp³-hybridized carbons (Fsp3) is 0.0625. The summed E-state index contributed by atoms with van der Waals surface area (Å²) < 4.78 is 0. The molecule has 1 heterocycles. The molecule has 0 fully saturated rings. The van der Waals surface area contributed by atoms with E-state index in [1.54, 1.807) is 11.9 Å². The molecule has 0 spiro atoms. The Morgan fingerprint density at radius 3 is 2.40 bits per heavy atom. The largest absolute Gasteiger partial charge is 0.436 e. The van der Waals surface area contributed by atoms with Crippen molar-refractivity contribution in [3.8, 4) is 0 Å². The predicted molar refractivity (Wildman–Crippen MR) is 76.2 cm³/mol. The molecule has 20 heavy (non-hydrogen) atoms. The van der Waals surface area contributed by atoms with E-state index < -0.39 is 0 Å². The van der Waals surface area contributed by atoms with E-state index in [2.05, 4.69) is 4.99 Å². The van der Waals surface area contributed by atoms with Gasteiger partial charge in [0, 0.05) is 33.2 Å². The van der Waals surface area contributed by atoms with Gasteiger partial charge >= 0.3 is 0 Å². The SMILES string of the molecule is CN1C(=O)[CH-]N=C(c2ccccc2)c2ccccc21.[Re]. The van der Waals surface area contributed by atoms with Crippen molar-refractivity contribution < 1.29 is 25.2 Å². The molecule has 0 unspecified atom stereocenters. The molecule has 1 aliphatic heterocycles. The monoisotopic (exact) mass is 436 g/mol. The van der Waals surface area contributed by atoms with Crippen LogP contribution >= 0.6 is 0 Å². The number of benzene rings is 2. The summed E-state index contributed by atoms with van der Waals surface area (Å²) in [6, 6.07) is 17.7. The zero-order chi connectivity index (χ0) is 13.2. The number of likely N-dealkylation sites (N-methyl/N-ethyl adjacent to an activating group) is 1. The van der Waals surface area contributed by atoms with Crippen molar-refractivity contribution in [1.82, 2.24) is 0 Å². The van der Waals surface area contributed by atoms with Crippen LogP contribution in [0.15, 0.2) is 59.6 Å². The van der Waals surface area contributed by atoms with Crippen LogP contribution in [0.1, 0.15) is 11.1 Å². The quantitative estimate of drug-likeness (QED) is 0.634. The van der Waals surface area contributed by atoms with Crippen LogP contribution in [0, 0.1) is 6.54 Å². The summed E-state index contributed by atoms with van der Waals surface area (Å²) in [5.41, 5.74) is 3.69. The van der Waals surface area contributed by atoms with Crippen LogP contribution < -0.4 is 4.90 Å². The van der Waals surface area contributed by atoms with E-state index in [1.165, 1.54) is 6.54 Å². The molecule has 0 saturated carbocycles. The number of benzodiazepines with no additional fused rings is 1. The average Bonchev–Trinajstić information content (AvgIpc) is 2.59. The van der Waals surface area contributed by atoms with Gasteiger partial charge in [-0.05, 0) is 6.07 Å². The maximum absolute atomic E-state index is 11.9. The van der Waals surface area contributed by atoms with Crippen molar-refractivity contribution in [2.75, 3.05) is 11.9 Å². The third-order valence-electron chi connectivity index (χ3n) is 3.20. The van der Waals surface area contributed by atoms with E-state index in [4.69, 9.17) is 0 Å². The molecule has 0 bridgehead atoms. The standard InChI is InChI=1S/C16H13N2O.Re/c1-18-14-10-6-5-9-13(14)16(17-11-15(18)19)12-7-3-2-4-8-12;/h2-11H,1H3;/q-1;. The van der Waals surface area contributed by atoms with Gasteiger partial charge in [0.25, 0.3) is 0 Å². The summed E-state index contributed by atoms with van der Waals surface area (Å²) in [6.07, 6.45) is 0. The van der Waals surface area contributed by atoms with Gasteiger partial charge in [0.2, 0.25) is 0 Å². The second-order valence-electron chi connectivity index (χ2n) is 4.39. The molecule has 0 aliphatic carbocycles. The molecule has 1 aliphatic rings. The van der Waals surface area contributed by atoms with Crippen LogP contribution in [-0.2, 0) is 25.2 Å². The van der Waals surface area contributed by atoms with Gasteiger partial charge in [0.05, 0.1) is 0 Å². The van der Waals surface area contributed by atoms with Crippen molar-refractivity contribution in [3.63, 3.8) is 0 Å². The number of rotatable bonds is 1. The topological polar surface area (TPSA) is 32.7 Å². The number of nitrogens with zero attached hydrogens (tertiary/aromatic N) is 2. The van der Waals surface area contributed by atoms with E-state index in [0.717, 1.165) is 22.5 Å². The van der Waals surface area contributed by atoms with Crippen LogP contribution in [0.2, 0.25) is 0 Å². The normalized spacial score (nSPS) is 13.6. The molecule has 2 aromatic rings. The fourth-order valence-electron chi connectivity index (χ4n) is 2.19. The third-order valence-corrected chi connectivity index (χ3v) is 3.20. The molecule has 0 N–H and O–H groups in total. The van der Waals surface area contributed by atoms with Crippen LogP contribution in [0.3, 0.4) is 0 Å². The van der Waals surface area contributed by atoms with Crippen LogP contribution in [-0.4, -0.2) is 18.7 Å². The first-order valence-corrected chi connectivity index (χ1v) is 6.11. The van der Waals surface area contributed by atoms with Gasteiger partial charge in [-0.15, -0.1) is 0 Å². The maximum Gasteiger partial charge on any atom is 0.186 e. The van der Waals surface area contributed by atoms with E-state index in [9.17, 15) is 4.79 Å². The first-order valence-electron chi connectivity index (χ1n) is 6.11. The minimum atomic E-state index is -0.113. The Morgan fingerprint density at radius 2 is 1.65 bits per heavy atom. The zero-order valence-electron chi connectivity index (χ0n) is 11.0. The molecule has 2 aromatic carbocycles. The van der Waals surface area contributed by atoms with Gasteiger partial charge in [-0.3, -0.25) is 4.79 Å². The Hall–Kier alpha value is -1.89. The molecule has 0 saturated heterocycles. The number of hydrogen-bond acceptors (Lipinski definition) is 2. The summed E-state index contributed by atoms with van der Waals surface area (Å²) in [6.45, 7) is 1.38. The molecule has 0 atom stereocenters. The van der Waals surface area contributed by atoms with E-state index in [1.807, 2.05) is 54.6 Å². The van der Waals surface area contributed by atoms with Crippen molar-refractivity contribution >= 4 is 17.3 Å². The van der Waals surface area contributed by atoms with E-state index >= 15 is 0 Å². The molecular formula is C16H13N2ORe-. The molecule has 101 valence electrons. The minimum Gasteiger partial charge on any atom is -0.436 e. The van der Waals surface area contributed by atoms with Crippen molar-refractivity contribution in [3.05, 3.63) is 72.3 Å². The maximum atomic E-state index is 11.9. The second-order valence-corrected chi connectivity index (χ2v) is 4.39. The number of amides is 1. The smallest absolute Gasteiger partial charge is 0.186 e.